The molecule has 0 amide bonds. The molecule has 2 rings (SSSR count). The van der Waals surface area contributed by atoms with E-state index in [1.54, 1.807) is 11.2 Å². The molecule has 0 fully saturated rings. The summed E-state index contributed by atoms with van der Waals surface area (Å²) in [5, 5.41) is 0.669. The average molecular weight is 323 g/mol. The lowest BCUT2D eigenvalue weighted by molar-refractivity contribution is 0.642. The average Bonchev–Trinajstić information content (AvgIpc) is 2.42. The predicted octanol–water partition coefficient (Wildman–Crippen LogP) is 3.90. The predicted molar refractivity (Wildman–Crippen MR) is 87.9 cm³/mol. The maximum atomic E-state index is 6.21. The summed E-state index contributed by atoms with van der Waals surface area (Å²) in [6.45, 7) is 2.05. The topological polar surface area (TPSA) is 41.4 Å². The van der Waals surface area contributed by atoms with Gasteiger partial charge in [-0.3, -0.25) is 0 Å². The van der Waals surface area contributed by atoms with Crippen LogP contribution in [0.1, 0.15) is 16.7 Å². The highest BCUT2D eigenvalue weighted by molar-refractivity contribution is 6.34. The van der Waals surface area contributed by atoms with Gasteiger partial charge in [-0.25, -0.2) is 4.99 Å². The molecule has 0 aliphatic heterocycles. The number of aryl methyl sites for hydroxylation is 1. The van der Waals surface area contributed by atoms with Crippen molar-refractivity contribution in [1.29, 1.82) is 0 Å². The van der Waals surface area contributed by atoms with Crippen LogP contribution in [0.2, 0.25) is 10.3 Å². The van der Waals surface area contributed by atoms with Crippen LogP contribution in [-0.2, 0) is 6.42 Å². The molecule has 21 heavy (non-hydrogen) atoms. The Morgan fingerprint density at radius 2 is 1.67 bits per heavy atom. The standard InChI is InChI=1S/C15H16Cl2N4/c1-10-4-6-11(7-5-10)8-12-13(16)19-15(20-14(12)17)18-9-21(2)3/h4-7,9H,8H2,1-3H3. The number of aliphatic imine (C=N–C) groups is 1. The van der Waals surface area contributed by atoms with E-state index in [4.69, 9.17) is 23.2 Å². The number of nitrogens with zero attached hydrogens (tertiary/aromatic N) is 4. The van der Waals surface area contributed by atoms with Crippen molar-refractivity contribution in [2.75, 3.05) is 14.1 Å². The molecule has 6 heteroatoms. The van der Waals surface area contributed by atoms with Crippen molar-refractivity contribution in [1.82, 2.24) is 14.9 Å². The van der Waals surface area contributed by atoms with E-state index in [9.17, 15) is 0 Å². The molecule has 0 radical (unpaired) electrons. The molecule has 0 saturated heterocycles. The van der Waals surface area contributed by atoms with Gasteiger partial charge >= 0.3 is 0 Å². The van der Waals surface area contributed by atoms with Crippen LogP contribution >= 0.6 is 23.2 Å². The van der Waals surface area contributed by atoms with Gasteiger partial charge in [-0.05, 0) is 12.5 Å². The van der Waals surface area contributed by atoms with Crippen LogP contribution in [0.15, 0.2) is 29.3 Å². The zero-order chi connectivity index (χ0) is 15.4. The molecule has 2 aromatic rings. The van der Waals surface area contributed by atoms with Gasteiger partial charge in [0.15, 0.2) is 0 Å². The fourth-order valence-electron chi connectivity index (χ4n) is 1.70. The second-order valence-electron chi connectivity index (χ2n) is 4.95. The Morgan fingerprint density at radius 1 is 1.10 bits per heavy atom. The third-order valence-corrected chi connectivity index (χ3v) is 3.43. The van der Waals surface area contributed by atoms with Gasteiger partial charge < -0.3 is 4.90 Å². The van der Waals surface area contributed by atoms with E-state index < -0.39 is 0 Å². The molecule has 1 aromatic carbocycles. The Labute approximate surface area is 134 Å². The first-order valence-electron chi connectivity index (χ1n) is 6.44. The molecule has 0 bridgehead atoms. The molecular formula is C15H16Cl2N4. The van der Waals surface area contributed by atoms with Crippen molar-refractivity contribution in [3.05, 3.63) is 51.3 Å². The van der Waals surface area contributed by atoms with Gasteiger partial charge in [0.25, 0.3) is 5.95 Å². The van der Waals surface area contributed by atoms with E-state index in [2.05, 4.69) is 15.0 Å². The van der Waals surface area contributed by atoms with Crippen molar-refractivity contribution in [3.8, 4) is 0 Å². The van der Waals surface area contributed by atoms with Gasteiger partial charge in [-0.15, -0.1) is 0 Å². The lowest BCUT2D eigenvalue weighted by atomic mass is 10.1. The van der Waals surface area contributed by atoms with Crippen molar-refractivity contribution < 1.29 is 0 Å². The fourth-order valence-corrected chi connectivity index (χ4v) is 2.21. The molecule has 4 nitrogen and oxygen atoms in total. The zero-order valence-electron chi connectivity index (χ0n) is 12.1. The highest BCUT2D eigenvalue weighted by atomic mass is 35.5. The Bertz CT molecular complexity index is 628. The van der Waals surface area contributed by atoms with Crippen LogP contribution in [0.4, 0.5) is 5.95 Å². The van der Waals surface area contributed by atoms with Crippen LogP contribution in [0, 0.1) is 6.92 Å². The molecular weight excluding hydrogens is 307 g/mol. The number of aromatic nitrogens is 2. The van der Waals surface area contributed by atoms with E-state index in [0.29, 0.717) is 22.3 Å². The highest BCUT2D eigenvalue weighted by Gasteiger charge is 2.12. The van der Waals surface area contributed by atoms with Crippen LogP contribution in [0.25, 0.3) is 0 Å². The monoisotopic (exact) mass is 322 g/mol. The molecule has 1 heterocycles. The van der Waals surface area contributed by atoms with Crippen molar-refractivity contribution in [3.63, 3.8) is 0 Å². The molecule has 0 spiro atoms. The van der Waals surface area contributed by atoms with E-state index in [1.807, 2.05) is 45.3 Å². The van der Waals surface area contributed by atoms with E-state index in [-0.39, 0.29) is 5.95 Å². The Balaban J connectivity index is 2.26. The molecule has 0 aliphatic rings. The normalized spacial score (nSPS) is 11.1. The third-order valence-electron chi connectivity index (χ3n) is 2.80. The summed E-state index contributed by atoms with van der Waals surface area (Å²) in [6.07, 6.45) is 2.19. The van der Waals surface area contributed by atoms with Gasteiger partial charge in [0.05, 0.1) is 6.34 Å². The van der Waals surface area contributed by atoms with Gasteiger partial charge in [-0.2, -0.15) is 9.97 Å². The van der Waals surface area contributed by atoms with E-state index in [1.165, 1.54) is 5.56 Å². The van der Waals surface area contributed by atoms with Crippen molar-refractivity contribution >= 4 is 35.5 Å². The fraction of sp³-hybridized carbons (Fsp3) is 0.267. The SMILES string of the molecule is Cc1ccc(Cc2c(Cl)nc(N=CN(C)C)nc2Cl)cc1. The summed E-state index contributed by atoms with van der Waals surface area (Å²) in [5.74, 6) is 0.256. The second kappa shape index (κ2) is 6.87. The van der Waals surface area contributed by atoms with E-state index >= 15 is 0 Å². The quantitative estimate of drug-likeness (QED) is 0.487. The number of hydrogen-bond donors (Lipinski definition) is 0. The Morgan fingerprint density at radius 3 is 2.19 bits per heavy atom. The van der Waals surface area contributed by atoms with Crippen LogP contribution in [-0.4, -0.2) is 35.3 Å². The van der Waals surface area contributed by atoms with Crippen LogP contribution in [0.5, 0.6) is 0 Å². The zero-order valence-corrected chi connectivity index (χ0v) is 13.7. The molecule has 0 N–H and O–H groups in total. The summed E-state index contributed by atoms with van der Waals surface area (Å²) in [6, 6.07) is 8.18. The number of rotatable bonds is 4. The minimum Gasteiger partial charge on any atom is -0.369 e. The lowest BCUT2D eigenvalue weighted by Crippen LogP contribution is -2.07. The smallest absolute Gasteiger partial charge is 0.253 e. The molecule has 0 aliphatic carbocycles. The number of halogens is 2. The summed E-state index contributed by atoms with van der Waals surface area (Å²) < 4.78 is 0. The third kappa shape index (κ3) is 4.41. The maximum absolute atomic E-state index is 6.21. The van der Waals surface area contributed by atoms with Crippen LogP contribution in [0.3, 0.4) is 0 Å². The first-order valence-corrected chi connectivity index (χ1v) is 7.19. The first-order chi connectivity index (χ1) is 9.95. The van der Waals surface area contributed by atoms with Crippen molar-refractivity contribution in [2.24, 2.45) is 4.99 Å². The summed E-state index contributed by atoms with van der Waals surface area (Å²) >= 11 is 12.4. The van der Waals surface area contributed by atoms with Gasteiger partial charge in [0, 0.05) is 26.1 Å². The first kappa shape index (κ1) is 15.7. The highest BCUT2D eigenvalue weighted by Crippen LogP contribution is 2.26. The number of hydrogen-bond acceptors (Lipinski definition) is 3. The summed E-state index contributed by atoms with van der Waals surface area (Å²) in [4.78, 5) is 14.2. The largest absolute Gasteiger partial charge is 0.369 e. The van der Waals surface area contributed by atoms with Crippen LogP contribution < -0.4 is 0 Å². The minimum atomic E-state index is 0.256. The minimum absolute atomic E-state index is 0.256. The molecule has 0 atom stereocenters. The molecule has 1 aromatic heterocycles. The van der Waals surface area contributed by atoms with Gasteiger partial charge in [0.1, 0.15) is 10.3 Å². The lowest BCUT2D eigenvalue weighted by Gasteiger charge is -2.07. The molecule has 0 unspecified atom stereocenters. The summed E-state index contributed by atoms with van der Waals surface area (Å²) in [5.41, 5.74) is 3.03. The summed E-state index contributed by atoms with van der Waals surface area (Å²) in [7, 11) is 3.72. The van der Waals surface area contributed by atoms with Crippen molar-refractivity contribution in [2.45, 2.75) is 13.3 Å². The number of benzene rings is 1. The van der Waals surface area contributed by atoms with Gasteiger partial charge in [-0.1, -0.05) is 53.0 Å². The van der Waals surface area contributed by atoms with Gasteiger partial charge in [0.2, 0.25) is 0 Å². The molecule has 110 valence electrons. The van der Waals surface area contributed by atoms with E-state index in [0.717, 1.165) is 5.56 Å². The Hall–Kier alpha value is -1.65. The Kier molecular flexibility index (Phi) is 5.15. The maximum Gasteiger partial charge on any atom is 0.253 e. The molecule has 0 saturated carbocycles. The second-order valence-corrected chi connectivity index (χ2v) is 5.67.